The number of hydrogen-bond acceptors (Lipinski definition) is 5. The van der Waals surface area contributed by atoms with E-state index in [2.05, 4.69) is 34.5 Å². The van der Waals surface area contributed by atoms with E-state index in [1.165, 1.54) is 56.9 Å². The van der Waals surface area contributed by atoms with Crippen molar-refractivity contribution in [2.45, 2.75) is 83.7 Å². The van der Waals surface area contributed by atoms with Crippen molar-refractivity contribution in [3.8, 4) is 11.4 Å². The molecule has 0 aliphatic rings. The molecule has 35 heavy (non-hydrogen) atoms. The second-order valence-corrected chi connectivity index (χ2v) is 8.95. The van der Waals surface area contributed by atoms with Gasteiger partial charge in [-0.1, -0.05) is 112 Å². The van der Waals surface area contributed by atoms with Gasteiger partial charge in [0.2, 0.25) is 17.6 Å². The number of amides is 1. The van der Waals surface area contributed by atoms with Gasteiger partial charge in [0, 0.05) is 5.56 Å². The lowest BCUT2D eigenvalue weighted by Crippen LogP contribution is -2.41. The molecule has 0 fully saturated rings. The van der Waals surface area contributed by atoms with Gasteiger partial charge in [0.05, 0.1) is 12.6 Å². The van der Waals surface area contributed by atoms with E-state index in [1.807, 2.05) is 42.5 Å². The molecule has 0 bridgehead atoms. The summed E-state index contributed by atoms with van der Waals surface area (Å²) in [6.45, 7) is 2.42. The second kappa shape index (κ2) is 16.1. The van der Waals surface area contributed by atoms with Crippen molar-refractivity contribution in [3.63, 3.8) is 0 Å². The summed E-state index contributed by atoms with van der Waals surface area (Å²) >= 11 is 0. The minimum atomic E-state index is -0.626. The molecule has 0 radical (unpaired) electrons. The molecule has 7 heteroatoms. The van der Waals surface area contributed by atoms with Crippen LogP contribution in [0.15, 0.2) is 59.1 Å². The largest absolute Gasteiger partial charge is 0.346 e. The summed E-state index contributed by atoms with van der Waals surface area (Å²) in [7, 11) is 0. The van der Waals surface area contributed by atoms with E-state index in [4.69, 9.17) is 10.3 Å². The minimum absolute atomic E-state index is 0. The molecule has 2 aromatic carbocycles. The first-order valence-electron chi connectivity index (χ1n) is 12.6. The van der Waals surface area contributed by atoms with Gasteiger partial charge >= 0.3 is 0 Å². The van der Waals surface area contributed by atoms with Gasteiger partial charge in [-0.05, 0) is 30.4 Å². The molecule has 190 valence electrons. The predicted molar refractivity (Wildman–Crippen MR) is 143 cm³/mol. The van der Waals surface area contributed by atoms with Crippen molar-refractivity contribution in [3.05, 3.63) is 71.6 Å². The van der Waals surface area contributed by atoms with Gasteiger partial charge in [-0.2, -0.15) is 4.98 Å². The lowest BCUT2D eigenvalue weighted by molar-refractivity contribution is -0.122. The third-order valence-corrected chi connectivity index (χ3v) is 6.05. The van der Waals surface area contributed by atoms with Crippen LogP contribution in [0.1, 0.15) is 75.3 Å². The maximum atomic E-state index is 12.3. The fourth-order valence-corrected chi connectivity index (χ4v) is 3.98. The van der Waals surface area contributed by atoms with Crippen LogP contribution in [-0.4, -0.2) is 22.1 Å². The average molecular weight is 499 g/mol. The Morgan fingerprint density at radius 1 is 0.914 bits per heavy atom. The van der Waals surface area contributed by atoms with Crippen molar-refractivity contribution in [2.24, 2.45) is 5.73 Å². The summed E-state index contributed by atoms with van der Waals surface area (Å²) in [6.07, 6.45) is 12.2. The Balaban J connectivity index is 0.00000432. The number of hydrogen-bond donors (Lipinski definition) is 2. The number of aromatic nitrogens is 2. The van der Waals surface area contributed by atoms with Gasteiger partial charge in [-0.25, -0.2) is 0 Å². The Morgan fingerprint density at radius 2 is 1.57 bits per heavy atom. The van der Waals surface area contributed by atoms with Crippen LogP contribution in [-0.2, 0) is 24.2 Å². The van der Waals surface area contributed by atoms with Crippen LogP contribution < -0.4 is 11.1 Å². The van der Waals surface area contributed by atoms with Crippen molar-refractivity contribution in [2.75, 3.05) is 0 Å². The van der Waals surface area contributed by atoms with E-state index < -0.39 is 6.04 Å². The highest BCUT2D eigenvalue weighted by molar-refractivity contribution is 5.85. The van der Waals surface area contributed by atoms with Gasteiger partial charge in [-0.15, -0.1) is 12.4 Å². The predicted octanol–water partition coefficient (Wildman–Crippen LogP) is 6.03. The summed E-state index contributed by atoms with van der Waals surface area (Å²) in [5, 5.41) is 6.84. The second-order valence-electron chi connectivity index (χ2n) is 8.95. The summed E-state index contributed by atoms with van der Waals surface area (Å²) < 4.78 is 5.31. The number of carbonyl (C=O) groups is 1. The van der Waals surface area contributed by atoms with Crippen molar-refractivity contribution >= 4 is 18.3 Å². The highest BCUT2D eigenvalue weighted by Crippen LogP contribution is 2.18. The Hall–Kier alpha value is -2.70. The van der Waals surface area contributed by atoms with Crippen molar-refractivity contribution < 1.29 is 9.32 Å². The third kappa shape index (κ3) is 10.2. The first-order valence-corrected chi connectivity index (χ1v) is 12.6. The van der Waals surface area contributed by atoms with Crippen molar-refractivity contribution in [1.82, 2.24) is 15.5 Å². The minimum Gasteiger partial charge on any atom is -0.346 e. The van der Waals surface area contributed by atoms with E-state index in [-0.39, 0.29) is 24.9 Å². The Morgan fingerprint density at radius 3 is 2.26 bits per heavy atom. The number of carbonyl (C=O) groups excluding carboxylic acids is 1. The lowest BCUT2D eigenvalue weighted by atomic mass is 10.0. The molecule has 3 N–H and O–H groups in total. The maximum Gasteiger partial charge on any atom is 0.246 e. The lowest BCUT2D eigenvalue weighted by Gasteiger charge is -2.11. The van der Waals surface area contributed by atoms with Gasteiger partial charge in [-0.3, -0.25) is 4.79 Å². The molecule has 1 aromatic heterocycles. The van der Waals surface area contributed by atoms with Crippen LogP contribution in [0.4, 0.5) is 0 Å². The number of benzene rings is 2. The van der Waals surface area contributed by atoms with Crippen LogP contribution in [0.5, 0.6) is 0 Å². The molecule has 3 aromatic rings. The van der Waals surface area contributed by atoms with E-state index in [9.17, 15) is 4.79 Å². The Labute approximate surface area is 215 Å². The molecule has 3 rings (SSSR count). The van der Waals surface area contributed by atoms with Gasteiger partial charge in [0.1, 0.15) is 0 Å². The van der Waals surface area contributed by atoms with E-state index in [0.29, 0.717) is 18.1 Å². The number of unbranched alkanes of at least 4 members (excludes halogenated alkanes) is 7. The van der Waals surface area contributed by atoms with Gasteiger partial charge < -0.3 is 15.6 Å². The summed E-state index contributed by atoms with van der Waals surface area (Å²) in [5.41, 5.74) is 9.28. The quantitative estimate of drug-likeness (QED) is 0.249. The molecule has 0 aliphatic carbocycles. The normalized spacial score (nSPS) is 11.6. The molecule has 1 heterocycles. The third-order valence-electron chi connectivity index (χ3n) is 6.05. The monoisotopic (exact) mass is 498 g/mol. The molecule has 0 aliphatic heterocycles. The molecule has 6 nitrogen and oxygen atoms in total. The van der Waals surface area contributed by atoms with Crippen LogP contribution in [0.25, 0.3) is 11.4 Å². The molecule has 0 saturated heterocycles. The van der Waals surface area contributed by atoms with Gasteiger partial charge in [0.15, 0.2) is 0 Å². The number of rotatable bonds is 15. The summed E-state index contributed by atoms with van der Waals surface area (Å²) in [5.74, 6) is 0.642. The molecule has 1 atom stereocenters. The summed E-state index contributed by atoms with van der Waals surface area (Å²) in [6, 6.07) is 17.4. The summed E-state index contributed by atoms with van der Waals surface area (Å²) in [4.78, 5) is 16.7. The standard InChI is InChI=1S/C28H38N4O2.ClH/c1-2-3-4-5-6-7-8-10-13-22-16-18-24(19-17-22)27-31-26(34-32-27)21-30-28(33)25(29)20-23-14-11-9-12-15-23;/h9,11-12,14-19,25H,2-8,10,13,20-21,29H2,1H3,(H,30,33);1H/t25-;/m0./s1. The van der Waals surface area contributed by atoms with Crippen LogP contribution in [0, 0.1) is 0 Å². The SMILES string of the molecule is CCCCCCCCCCc1ccc(-c2noc(CNC(=O)[C@@H](N)Cc3ccccc3)n2)cc1.Cl. The molecular formula is C28H39ClN4O2. The highest BCUT2D eigenvalue weighted by atomic mass is 35.5. The topological polar surface area (TPSA) is 94.0 Å². The average Bonchev–Trinajstić information content (AvgIpc) is 3.34. The zero-order chi connectivity index (χ0) is 24.0. The number of nitrogens with zero attached hydrogens (tertiary/aromatic N) is 2. The number of aryl methyl sites for hydroxylation is 1. The van der Waals surface area contributed by atoms with Crippen molar-refractivity contribution in [1.29, 1.82) is 0 Å². The first-order chi connectivity index (χ1) is 16.7. The number of halogens is 1. The first kappa shape index (κ1) is 28.5. The molecule has 0 spiro atoms. The maximum absolute atomic E-state index is 12.3. The number of nitrogens with two attached hydrogens (primary N) is 1. The number of nitrogens with one attached hydrogen (secondary N) is 1. The zero-order valence-electron chi connectivity index (χ0n) is 20.7. The van der Waals surface area contributed by atoms with Crippen LogP contribution in [0.2, 0.25) is 0 Å². The molecule has 0 unspecified atom stereocenters. The zero-order valence-corrected chi connectivity index (χ0v) is 21.6. The Bertz CT molecular complexity index is 976. The van der Waals surface area contributed by atoms with Crippen LogP contribution in [0.3, 0.4) is 0 Å². The molecule has 0 saturated carbocycles. The van der Waals surface area contributed by atoms with E-state index >= 15 is 0 Å². The van der Waals surface area contributed by atoms with Crippen LogP contribution >= 0.6 is 12.4 Å². The smallest absolute Gasteiger partial charge is 0.246 e. The van der Waals surface area contributed by atoms with Gasteiger partial charge in [0.25, 0.3) is 0 Å². The fourth-order valence-electron chi connectivity index (χ4n) is 3.98. The van der Waals surface area contributed by atoms with E-state index in [0.717, 1.165) is 17.5 Å². The molecule has 1 amide bonds. The Kier molecular flexibility index (Phi) is 13.1. The van der Waals surface area contributed by atoms with E-state index in [1.54, 1.807) is 0 Å². The molecular weight excluding hydrogens is 460 g/mol. The fraction of sp³-hybridized carbons (Fsp3) is 0.464. The highest BCUT2D eigenvalue weighted by Gasteiger charge is 2.15.